The van der Waals surface area contributed by atoms with Crippen molar-refractivity contribution in [1.82, 2.24) is 30.0 Å². The molecule has 0 radical (unpaired) electrons. The quantitative estimate of drug-likeness (QED) is 0.456. The van der Waals surface area contributed by atoms with Gasteiger partial charge in [0.05, 0.1) is 30.6 Å². The first kappa shape index (κ1) is 21.6. The fraction of sp³-hybridized carbons (Fsp3) is 0.227. The Hall–Kier alpha value is -4.22. The zero-order valence-electron chi connectivity index (χ0n) is 17.8. The molecule has 1 N–H and O–H groups in total. The minimum Gasteiger partial charge on any atom is -0.493 e. The highest BCUT2D eigenvalue weighted by Gasteiger charge is 2.31. The number of amides is 1. The lowest BCUT2D eigenvalue weighted by molar-refractivity contribution is -0.137. The first-order valence-corrected chi connectivity index (χ1v) is 10.3. The molecule has 0 aliphatic heterocycles. The van der Waals surface area contributed by atoms with Crippen LogP contribution in [0.4, 0.5) is 18.9 Å². The Kier molecular flexibility index (Phi) is 5.27. The maximum Gasteiger partial charge on any atom is 0.416 e. The van der Waals surface area contributed by atoms with Crippen LogP contribution in [0.15, 0.2) is 54.7 Å². The summed E-state index contributed by atoms with van der Waals surface area (Å²) in [5.41, 5.74) is 0.557. The van der Waals surface area contributed by atoms with Crippen LogP contribution in [0.1, 0.15) is 34.9 Å². The Morgan fingerprint density at radius 1 is 1.15 bits per heavy atom. The molecule has 1 amide bonds. The Bertz CT molecular complexity index is 1340. The van der Waals surface area contributed by atoms with Crippen LogP contribution in [-0.4, -0.2) is 43.0 Å². The SMILES string of the molecule is COc1cn(-c2cccc(C(F)(F)F)c2)nc1C(=O)Nc1ccc(-c2nnnn2C2CC2)cc1. The van der Waals surface area contributed by atoms with Crippen LogP contribution in [0.25, 0.3) is 17.1 Å². The van der Waals surface area contributed by atoms with Crippen LogP contribution in [-0.2, 0) is 6.18 Å². The van der Waals surface area contributed by atoms with E-state index in [1.165, 1.54) is 30.1 Å². The number of halogens is 3. The predicted octanol–water partition coefficient (Wildman–Crippen LogP) is 4.14. The van der Waals surface area contributed by atoms with Crippen molar-refractivity contribution in [2.75, 3.05) is 12.4 Å². The van der Waals surface area contributed by atoms with Gasteiger partial charge in [-0.2, -0.15) is 18.3 Å². The molecular formula is C22H18F3N7O2. The molecular weight excluding hydrogens is 451 g/mol. The van der Waals surface area contributed by atoms with Crippen LogP contribution in [0, 0.1) is 0 Å². The standard InChI is InChI=1S/C22H18F3N7O2/c1-34-18-12-31(17-4-2-3-14(11-17)22(23,24)25)28-19(18)21(33)26-15-7-5-13(6-8-15)20-27-29-30-32(20)16-9-10-16/h2-8,11-12,16H,9-10H2,1H3,(H,26,33). The summed E-state index contributed by atoms with van der Waals surface area (Å²) in [5, 5.41) is 18.7. The second-order valence-corrected chi connectivity index (χ2v) is 7.75. The normalized spacial score (nSPS) is 13.6. The maximum absolute atomic E-state index is 13.1. The number of hydrogen-bond donors (Lipinski definition) is 1. The molecule has 0 unspecified atom stereocenters. The van der Waals surface area contributed by atoms with Gasteiger partial charge in [-0.25, -0.2) is 9.36 Å². The van der Waals surface area contributed by atoms with E-state index in [0.717, 1.165) is 30.5 Å². The van der Waals surface area contributed by atoms with Gasteiger partial charge in [-0.05, 0) is 65.7 Å². The summed E-state index contributed by atoms with van der Waals surface area (Å²) in [4.78, 5) is 12.8. The number of benzene rings is 2. The second-order valence-electron chi connectivity index (χ2n) is 7.75. The molecule has 174 valence electrons. The number of alkyl halides is 3. The van der Waals surface area contributed by atoms with Crippen molar-refractivity contribution in [3.63, 3.8) is 0 Å². The zero-order chi connectivity index (χ0) is 23.9. The van der Waals surface area contributed by atoms with Crippen molar-refractivity contribution < 1.29 is 22.7 Å². The van der Waals surface area contributed by atoms with E-state index in [-0.39, 0.29) is 17.1 Å². The lowest BCUT2D eigenvalue weighted by Crippen LogP contribution is -2.14. The molecule has 12 heteroatoms. The van der Waals surface area contributed by atoms with E-state index in [4.69, 9.17) is 4.74 Å². The van der Waals surface area contributed by atoms with Gasteiger partial charge in [0.2, 0.25) is 0 Å². The molecule has 5 rings (SSSR count). The molecule has 2 aromatic heterocycles. The van der Waals surface area contributed by atoms with Crippen molar-refractivity contribution in [2.24, 2.45) is 0 Å². The summed E-state index contributed by atoms with van der Waals surface area (Å²) in [7, 11) is 1.35. The molecule has 0 spiro atoms. The van der Waals surface area contributed by atoms with Crippen LogP contribution in [0.3, 0.4) is 0 Å². The number of rotatable bonds is 6. The summed E-state index contributed by atoms with van der Waals surface area (Å²) in [6, 6.07) is 11.9. The molecule has 2 heterocycles. The summed E-state index contributed by atoms with van der Waals surface area (Å²) in [6.45, 7) is 0. The third-order valence-electron chi connectivity index (χ3n) is 5.34. The third kappa shape index (κ3) is 4.21. The molecule has 2 aromatic carbocycles. The van der Waals surface area contributed by atoms with Gasteiger partial charge < -0.3 is 10.1 Å². The van der Waals surface area contributed by atoms with E-state index in [1.807, 2.05) is 0 Å². The molecule has 4 aromatic rings. The van der Waals surface area contributed by atoms with E-state index < -0.39 is 17.6 Å². The topological polar surface area (TPSA) is 99.8 Å². The minimum atomic E-state index is -4.50. The summed E-state index contributed by atoms with van der Waals surface area (Å²) in [5.74, 6) is 0.204. The molecule has 1 aliphatic rings. The maximum atomic E-state index is 13.1. The van der Waals surface area contributed by atoms with E-state index in [1.54, 1.807) is 28.9 Å². The van der Waals surface area contributed by atoms with Gasteiger partial charge in [-0.15, -0.1) is 5.10 Å². The number of carbonyl (C=O) groups is 1. The number of ether oxygens (including phenoxy) is 1. The van der Waals surface area contributed by atoms with Crippen LogP contribution in [0.5, 0.6) is 5.75 Å². The highest BCUT2D eigenvalue weighted by molar-refractivity contribution is 6.04. The van der Waals surface area contributed by atoms with Crippen molar-refractivity contribution >= 4 is 11.6 Å². The van der Waals surface area contributed by atoms with Crippen molar-refractivity contribution in [1.29, 1.82) is 0 Å². The van der Waals surface area contributed by atoms with Gasteiger partial charge in [-0.3, -0.25) is 4.79 Å². The lowest BCUT2D eigenvalue weighted by Gasteiger charge is -2.08. The number of anilines is 1. The number of methoxy groups -OCH3 is 1. The van der Waals surface area contributed by atoms with E-state index in [2.05, 4.69) is 25.9 Å². The molecule has 9 nitrogen and oxygen atoms in total. The number of carbonyl (C=O) groups excluding carboxylic acids is 1. The van der Waals surface area contributed by atoms with Crippen molar-refractivity contribution in [3.8, 4) is 22.8 Å². The Morgan fingerprint density at radius 2 is 1.91 bits per heavy atom. The second kappa shape index (κ2) is 8.28. The minimum absolute atomic E-state index is 0.0679. The zero-order valence-corrected chi connectivity index (χ0v) is 17.8. The lowest BCUT2D eigenvalue weighted by atomic mass is 10.2. The number of tetrazole rings is 1. The fourth-order valence-electron chi connectivity index (χ4n) is 3.46. The van der Waals surface area contributed by atoms with E-state index in [0.29, 0.717) is 17.6 Å². The summed E-state index contributed by atoms with van der Waals surface area (Å²) < 4.78 is 47.4. The largest absolute Gasteiger partial charge is 0.493 e. The molecule has 1 saturated carbocycles. The summed E-state index contributed by atoms with van der Waals surface area (Å²) >= 11 is 0. The number of hydrogen-bond acceptors (Lipinski definition) is 6. The Labute approximate surface area is 191 Å². The molecule has 0 saturated heterocycles. The average molecular weight is 469 g/mol. The first-order valence-electron chi connectivity index (χ1n) is 10.3. The van der Waals surface area contributed by atoms with Gasteiger partial charge >= 0.3 is 6.18 Å². The van der Waals surface area contributed by atoms with Crippen molar-refractivity contribution in [2.45, 2.75) is 25.1 Å². The molecule has 0 atom stereocenters. The average Bonchev–Trinajstić information content (AvgIpc) is 3.38. The number of nitrogens with one attached hydrogen (secondary N) is 1. The first-order chi connectivity index (χ1) is 16.3. The highest BCUT2D eigenvalue weighted by atomic mass is 19.4. The summed E-state index contributed by atoms with van der Waals surface area (Å²) in [6.07, 6.45) is -1.06. The third-order valence-corrected chi connectivity index (χ3v) is 5.34. The van der Waals surface area contributed by atoms with Crippen LogP contribution < -0.4 is 10.1 Å². The van der Waals surface area contributed by atoms with E-state index in [9.17, 15) is 18.0 Å². The number of aromatic nitrogens is 6. The molecule has 0 bridgehead atoms. The van der Waals surface area contributed by atoms with E-state index >= 15 is 0 Å². The highest BCUT2D eigenvalue weighted by Crippen LogP contribution is 2.36. The molecule has 34 heavy (non-hydrogen) atoms. The van der Waals surface area contributed by atoms with Crippen LogP contribution >= 0.6 is 0 Å². The van der Waals surface area contributed by atoms with Gasteiger partial charge in [0.15, 0.2) is 17.3 Å². The number of nitrogens with zero attached hydrogens (tertiary/aromatic N) is 6. The Balaban J connectivity index is 1.36. The van der Waals surface area contributed by atoms with Gasteiger partial charge in [0.1, 0.15) is 0 Å². The van der Waals surface area contributed by atoms with Gasteiger partial charge in [-0.1, -0.05) is 6.07 Å². The van der Waals surface area contributed by atoms with Gasteiger partial charge in [0.25, 0.3) is 5.91 Å². The van der Waals surface area contributed by atoms with Crippen molar-refractivity contribution in [3.05, 3.63) is 66.0 Å². The fourth-order valence-corrected chi connectivity index (χ4v) is 3.46. The van der Waals surface area contributed by atoms with Crippen LogP contribution in [0.2, 0.25) is 0 Å². The smallest absolute Gasteiger partial charge is 0.416 e. The predicted molar refractivity (Wildman–Crippen MR) is 115 cm³/mol. The Morgan fingerprint density at radius 3 is 2.59 bits per heavy atom. The van der Waals surface area contributed by atoms with Gasteiger partial charge in [0, 0.05) is 11.3 Å². The molecule has 1 aliphatic carbocycles. The molecule has 1 fully saturated rings. The monoisotopic (exact) mass is 469 g/mol.